The molecule has 0 saturated heterocycles. The number of hydrogen-bond donors (Lipinski definition) is 3. The Morgan fingerprint density at radius 2 is 1.70 bits per heavy atom. The first-order valence-corrected chi connectivity index (χ1v) is 14.0. The molecule has 0 atom stereocenters. The van der Waals surface area contributed by atoms with E-state index < -0.39 is 5.82 Å². The summed E-state index contributed by atoms with van der Waals surface area (Å²) in [5.74, 6) is -0.769. The highest BCUT2D eigenvalue weighted by Crippen LogP contribution is 2.31. The zero-order valence-electron chi connectivity index (χ0n) is 26.0. The molecule has 0 bridgehead atoms. The fourth-order valence-electron chi connectivity index (χ4n) is 4.82. The van der Waals surface area contributed by atoms with Gasteiger partial charge in [-0.05, 0) is 96.0 Å². The van der Waals surface area contributed by atoms with E-state index in [2.05, 4.69) is 63.7 Å². The molecule has 43 heavy (non-hydrogen) atoms. The van der Waals surface area contributed by atoms with Gasteiger partial charge in [0.25, 0.3) is 0 Å². The van der Waals surface area contributed by atoms with Crippen LogP contribution in [-0.4, -0.2) is 4.98 Å². The molecule has 3 nitrogen and oxygen atoms in total. The average Bonchev–Trinajstić information content (AvgIpc) is 3.31. The number of aryl methyl sites for hydroxylation is 1. The van der Waals surface area contributed by atoms with Gasteiger partial charge in [0.05, 0.1) is 5.69 Å². The number of allylic oxidation sites excluding steroid dienone is 7. The largest absolute Gasteiger partial charge is 0.396 e. The minimum Gasteiger partial charge on any atom is -0.396 e. The van der Waals surface area contributed by atoms with Crippen molar-refractivity contribution in [3.05, 3.63) is 149 Å². The number of aromatic amines is 1. The Morgan fingerprint density at radius 3 is 2.26 bits per heavy atom. The van der Waals surface area contributed by atoms with E-state index in [9.17, 15) is 4.39 Å². The van der Waals surface area contributed by atoms with E-state index >= 15 is 4.39 Å². The number of hydrogen-bond acceptors (Lipinski definition) is 2. The van der Waals surface area contributed by atoms with Crippen molar-refractivity contribution in [2.75, 3.05) is 5.73 Å². The number of halogens is 2. The summed E-state index contributed by atoms with van der Waals surface area (Å²) in [4.78, 5) is 3.42. The van der Waals surface area contributed by atoms with Crippen molar-refractivity contribution < 1.29 is 8.78 Å². The molecule has 224 valence electrons. The molecule has 0 spiro atoms. The lowest BCUT2D eigenvalue weighted by atomic mass is 9.91. The maximum atomic E-state index is 15.1. The van der Waals surface area contributed by atoms with Gasteiger partial charge in [0, 0.05) is 34.8 Å². The third-order valence-electron chi connectivity index (χ3n) is 6.64. The van der Waals surface area contributed by atoms with Gasteiger partial charge >= 0.3 is 0 Å². The van der Waals surface area contributed by atoms with Gasteiger partial charge in [0.1, 0.15) is 11.6 Å². The smallest absolute Gasteiger partial charge is 0.146 e. The number of H-pyrrole nitrogens is 1. The van der Waals surface area contributed by atoms with Crippen molar-refractivity contribution in [3.8, 4) is 12.8 Å². The van der Waals surface area contributed by atoms with E-state index in [1.807, 2.05) is 44.2 Å². The monoisotopic (exact) mass is 579 g/mol. The molecule has 0 unspecified atom stereocenters. The molecule has 0 fully saturated rings. The predicted octanol–water partition coefficient (Wildman–Crippen LogP) is 9.65. The van der Waals surface area contributed by atoms with Crippen LogP contribution in [-0.2, 0) is 6.42 Å². The third-order valence-corrected chi connectivity index (χ3v) is 6.64. The molecule has 0 radical (unpaired) electrons. The number of benzene rings is 2. The lowest BCUT2D eigenvalue weighted by Crippen LogP contribution is -2.16. The van der Waals surface area contributed by atoms with Crippen molar-refractivity contribution in [2.45, 2.75) is 47.5 Å². The fraction of sp³-hybridized carbons (Fsp3) is 0.211. The van der Waals surface area contributed by atoms with Crippen LogP contribution in [0.3, 0.4) is 0 Å². The number of terminal acetylenes is 1. The summed E-state index contributed by atoms with van der Waals surface area (Å²) in [6.07, 6.45) is 18.4. The molecule has 4 N–H and O–H groups in total. The molecule has 0 amide bonds. The summed E-state index contributed by atoms with van der Waals surface area (Å²) in [5, 5.41) is 3.34. The van der Waals surface area contributed by atoms with E-state index in [-0.39, 0.29) is 16.9 Å². The quantitative estimate of drug-likeness (QED) is 0.120. The van der Waals surface area contributed by atoms with Crippen molar-refractivity contribution in [1.82, 2.24) is 10.3 Å². The molecule has 0 aliphatic heterocycles. The first kappa shape index (κ1) is 34.4. The van der Waals surface area contributed by atoms with E-state index in [0.29, 0.717) is 17.5 Å². The van der Waals surface area contributed by atoms with Crippen LogP contribution in [0.5, 0.6) is 0 Å². The van der Waals surface area contributed by atoms with Crippen LogP contribution in [0.15, 0.2) is 104 Å². The number of aromatic nitrogens is 1. The molecule has 0 aliphatic carbocycles. The van der Waals surface area contributed by atoms with Crippen molar-refractivity contribution in [3.63, 3.8) is 0 Å². The SMILES string of the molecule is C#C.C=C/C=C(/c1ccc(F)cc1)c1cc(Cc2cc(C(/C=C(\C=C)NC(=C)CC(C)(C)C)=C/C)cc(F)c2N)[nH]c1C. The topological polar surface area (TPSA) is 53.8 Å². The van der Waals surface area contributed by atoms with Gasteiger partial charge in [0.2, 0.25) is 0 Å². The lowest BCUT2D eigenvalue weighted by molar-refractivity contribution is 0.403. The van der Waals surface area contributed by atoms with E-state index in [4.69, 9.17) is 5.73 Å². The Balaban J connectivity index is 0.00000316. The average molecular weight is 580 g/mol. The summed E-state index contributed by atoms with van der Waals surface area (Å²) in [5.41, 5.74) is 14.8. The van der Waals surface area contributed by atoms with Crippen LogP contribution in [0.2, 0.25) is 0 Å². The van der Waals surface area contributed by atoms with E-state index in [1.54, 1.807) is 24.3 Å². The van der Waals surface area contributed by atoms with Crippen molar-refractivity contribution in [2.24, 2.45) is 5.41 Å². The van der Waals surface area contributed by atoms with Crippen LogP contribution < -0.4 is 11.1 Å². The predicted molar refractivity (Wildman–Crippen MR) is 181 cm³/mol. The molecule has 5 heteroatoms. The van der Waals surface area contributed by atoms with E-state index in [1.165, 1.54) is 18.2 Å². The summed E-state index contributed by atoms with van der Waals surface area (Å²) >= 11 is 0. The normalized spacial score (nSPS) is 12.3. The van der Waals surface area contributed by atoms with Crippen LogP contribution in [0, 0.1) is 36.8 Å². The maximum Gasteiger partial charge on any atom is 0.146 e. The molecule has 3 aromatic rings. The standard InChI is InChI=1S/C36H41F2N3.C2H2/c1-9-12-32(26-13-15-29(37)16-14-26)33-21-31(41-24(33)5)19-28-17-27(20-34(38)35(28)39)25(10-2)18-30(11-3)40-23(4)22-36(6,7)8;1-2/h9-18,20-21,40-41H,1,3-4,19,22,39H2,2,5-8H3;1-2H/b25-10+,30-18+,32-12-;. The lowest BCUT2D eigenvalue weighted by Gasteiger charge is -2.21. The zero-order chi connectivity index (χ0) is 32.3. The number of nitrogens with two attached hydrogens (primary N) is 1. The van der Waals surface area contributed by atoms with Crippen LogP contribution in [0.25, 0.3) is 11.1 Å². The zero-order valence-corrected chi connectivity index (χ0v) is 26.0. The Hall–Kier alpha value is -4.82. The highest BCUT2D eigenvalue weighted by Gasteiger charge is 2.16. The van der Waals surface area contributed by atoms with Crippen molar-refractivity contribution in [1.29, 1.82) is 0 Å². The molecule has 0 saturated carbocycles. The number of rotatable bonds is 11. The summed E-state index contributed by atoms with van der Waals surface area (Å²) < 4.78 is 28.7. The molecular formula is C38H43F2N3. The van der Waals surface area contributed by atoms with Crippen molar-refractivity contribution >= 4 is 16.8 Å². The second kappa shape index (κ2) is 15.4. The van der Waals surface area contributed by atoms with Gasteiger partial charge in [-0.2, -0.15) is 0 Å². The summed E-state index contributed by atoms with van der Waals surface area (Å²) in [6.45, 7) is 22.3. The Labute approximate surface area is 256 Å². The van der Waals surface area contributed by atoms with Gasteiger partial charge in [-0.1, -0.05) is 70.9 Å². The van der Waals surface area contributed by atoms with Gasteiger partial charge in [0.15, 0.2) is 0 Å². The van der Waals surface area contributed by atoms with Gasteiger partial charge in [-0.15, -0.1) is 12.8 Å². The number of nitrogen functional groups attached to an aromatic ring is 1. The highest BCUT2D eigenvalue weighted by atomic mass is 19.1. The molecule has 1 heterocycles. The second-order valence-corrected chi connectivity index (χ2v) is 11.4. The Morgan fingerprint density at radius 1 is 1.05 bits per heavy atom. The van der Waals surface area contributed by atoms with Gasteiger partial charge in [-0.3, -0.25) is 0 Å². The Kier molecular flexibility index (Phi) is 12.3. The third kappa shape index (κ3) is 9.61. The van der Waals surface area contributed by atoms with Crippen LogP contribution in [0.1, 0.15) is 67.8 Å². The molecule has 2 aromatic carbocycles. The van der Waals surface area contributed by atoms with Gasteiger partial charge < -0.3 is 16.0 Å². The molecular weight excluding hydrogens is 536 g/mol. The molecule has 3 rings (SSSR count). The summed E-state index contributed by atoms with van der Waals surface area (Å²) in [6, 6.07) is 11.8. The maximum absolute atomic E-state index is 15.1. The minimum atomic E-state index is -0.474. The second-order valence-electron chi connectivity index (χ2n) is 11.4. The highest BCUT2D eigenvalue weighted by molar-refractivity contribution is 5.82. The van der Waals surface area contributed by atoms with Crippen LogP contribution in [0.4, 0.5) is 14.5 Å². The number of nitrogens with one attached hydrogen (secondary N) is 2. The van der Waals surface area contributed by atoms with Crippen LogP contribution >= 0.6 is 0 Å². The first-order chi connectivity index (χ1) is 20.3. The fourth-order valence-corrected chi connectivity index (χ4v) is 4.82. The summed E-state index contributed by atoms with van der Waals surface area (Å²) in [7, 11) is 0. The molecule has 1 aromatic heterocycles. The van der Waals surface area contributed by atoms with Gasteiger partial charge in [-0.25, -0.2) is 8.78 Å². The first-order valence-electron chi connectivity index (χ1n) is 14.0. The number of anilines is 1. The van der Waals surface area contributed by atoms with E-state index in [0.717, 1.165) is 51.5 Å². The Bertz CT molecular complexity index is 1570. The minimum absolute atomic E-state index is 0.0894. The molecule has 0 aliphatic rings.